The molecule has 0 aliphatic heterocycles. The van der Waals surface area contributed by atoms with Crippen molar-refractivity contribution in [3.8, 4) is 11.5 Å². The molecule has 1 N–H and O–H groups in total. The first kappa shape index (κ1) is 16.1. The Morgan fingerprint density at radius 2 is 1.59 bits per heavy atom. The minimum Gasteiger partial charge on any atom is -0.508 e. The van der Waals surface area contributed by atoms with Crippen LogP contribution in [-0.4, -0.2) is 11.1 Å². The van der Waals surface area contributed by atoms with Gasteiger partial charge in [0.05, 0.1) is 0 Å². The molecule has 0 spiro atoms. The molecule has 2 aromatic rings. The number of aromatic hydroxyl groups is 1. The van der Waals surface area contributed by atoms with Crippen molar-refractivity contribution in [2.45, 2.75) is 39.0 Å². The molecule has 0 saturated heterocycles. The molecule has 0 radical (unpaired) electrons. The molecule has 0 amide bonds. The Morgan fingerprint density at radius 3 is 2.14 bits per heavy atom. The number of ether oxygens (including phenoxy) is 1. The van der Waals surface area contributed by atoms with Crippen LogP contribution in [-0.2, 0) is 16.6 Å². The third-order valence-electron chi connectivity index (χ3n) is 3.51. The molecule has 2 aromatic carbocycles. The molecular formula is C19H22O3. The van der Waals surface area contributed by atoms with Crippen LogP contribution in [0.3, 0.4) is 0 Å². The maximum absolute atomic E-state index is 11.9. The van der Waals surface area contributed by atoms with Gasteiger partial charge in [-0.3, -0.25) is 4.79 Å². The standard InChI is InChI=1S/C19H22O3/c1-19(2,3)15-7-11-17(12-8-15)22-18(21)13-6-14-4-9-16(20)10-5-14/h4-5,7-12,20H,6,13H2,1-3H3. The van der Waals surface area contributed by atoms with Crippen molar-refractivity contribution in [2.24, 2.45) is 0 Å². The van der Waals surface area contributed by atoms with Crippen LogP contribution in [0.4, 0.5) is 0 Å². The van der Waals surface area contributed by atoms with Gasteiger partial charge in [0.25, 0.3) is 0 Å². The van der Waals surface area contributed by atoms with Crippen molar-refractivity contribution in [1.82, 2.24) is 0 Å². The number of phenols is 1. The molecule has 0 aliphatic carbocycles. The Hall–Kier alpha value is -2.29. The van der Waals surface area contributed by atoms with Gasteiger partial charge < -0.3 is 9.84 Å². The van der Waals surface area contributed by atoms with Gasteiger partial charge in [0.2, 0.25) is 0 Å². The molecule has 0 unspecified atom stereocenters. The fourth-order valence-electron chi connectivity index (χ4n) is 2.11. The average molecular weight is 298 g/mol. The van der Waals surface area contributed by atoms with E-state index in [0.29, 0.717) is 18.6 Å². The van der Waals surface area contributed by atoms with Crippen molar-refractivity contribution >= 4 is 5.97 Å². The highest BCUT2D eigenvalue weighted by molar-refractivity contribution is 5.72. The third-order valence-corrected chi connectivity index (χ3v) is 3.51. The second-order valence-corrected chi connectivity index (χ2v) is 6.41. The Balaban J connectivity index is 1.88. The van der Waals surface area contributed by atoms with E-state index in [1.54, 1.807) is 24.3 Å². The molecule has 0 fully saturated rings. The molecule has 0 saturated carbocycles. The lowest BCUT2D eigenvalue weighted by atomic mass is 9.87. The van der Waals surface area contributed by atoms with Gasteiger partial charge in [0.15, 0.2) is 0 Å². The van der Waals surface area contributed by atoms with Crippen molar-refractivity contribution in [2.75, 3.05) is 0 Å². The summed E-state index contributed by atoms with van der Waals surface area (Å²) < 4.78 is 5.34. The number of hydrogen-bond acceptors (Lipinski definition) is 3. The first-order chi connectivity index (χ1) is 10.3. The number of aryl methyl sites for hydroxylation is 1. The average Bonchev–Trinajstić information content (AvgIpc) is 2.46. The molecule has 0 atom stereocenters. The van der Waals surface area contributed by atoms with Crippen LogP contribution in [0, 0.1) is 0 Å². The molecule has 22 heavy (non-hydrogen) atoms. The van der Waals surface area contributed by atoms with Crippen molar-refractivity contribution < 1.29 is 14.6 Å². The Morgan fingerprint density at radius 1 is 1.00 bits per heavy atom. The summed E-state index contributed by atoms with van der Waals surface area (Å²) >= 11 is 0. The molecule has 0 aliphatic rings. The number of phenolic OH excluding ortho intramolecular Hbond substituents is 1. The monoisotopic (exact) mass is 298 g/mol. The maximum atomic E-state index is 11.9. The summed E-state index contributed by atoms with van der Waals surface area (Å²) in [6.07, 6.45) is 0.908. The Labute approximate surface area is 131 Å². The van der Waals surface area contributed by atoms with Gasteiger partial charge in [-0.25, -0.2) is 0 Å². The molecule has 0 aromatic heterocycles. The predicted molar refractivity (Wildman–Crippen MR) is 87.2 cm³/mol. The second kappa shape index (κ2) is 6.65. The van der Waals surface area contributed by atoms with E-state index in [9.17, 15) is 9.90 Å². The molecule has 3 nitrogen and oxygen atoms in total. The van der Waals surface area contributed by atoms with E-state index < -0.39 is 0 Å². The van der Waals surface area contributed by atoms with Crippen LogP contribution in [0.15, 0.2) is 48.5 Å². The van der Waals surface area contributed by atoms with Gasteiger partial charge in [-0.05, 0) is 47.2 Å². The van der Waals surface area contributed by atoms with Crippen molar-refractivity contribution in [1.29, 1.82) is 0 Å². The number of rotatable bonds is 4. The van der Waals surface area contributed by atoms with Gasteiger partial charge in [-0.15, -0.1) is 0 Å². The van der Waals surface area contributed by atoms with Gasteiger partial charge in [-0.2, -0.15) is 0 Å². The van der Waals surface area contributed by atoms with Crippen LogP contribution in [0.25, 0.3) is 0 Å². The van der Waals surface area contributed by atoms with Crippen LogP contribution in [0.1, 0.15) is 38.3 Å². The first-order valence-corrected chi connectivity index (χ1v) is 7.44. The lowest BCUT2D eigenvalue weighted by Crippen LogP contribution is -2.12. The fraction of sp³-hybridized carbons (Fsp3) is 0.316. The molecule has 116 valence electrons. The quantitative estimate of drug-likeness (QED) is 0.679. The second-order valence-electron chi connectivity index (χ2n) is 6.41. The Bertz CT molecular complexity index is 619. The minimum atomic E-state index is -0.253. The summed E-state index contributed by atoms with van der Waals surface area (Å²) in [6, 6.07) is 14.5. The summed E-state index contributed by atoms with van der Waals surface area (Å²) in [7, 11) is 0. The zero-order valence-corrected chi connectivity index (χ0v) is 13.3. The number of benzene rings is 2. The summed E-state index contributed by atoms with van der Waals surface area (Å²) in [4.78, 5) is 11.9. The number of esters is 1. The van der Waals surface area contributed by atoms with E-state index in [1.165, 1.54) is 5.56 Å². The highest BCUT2D eigenvalue weighted by Gasteiger charge is 2.13. The number of carbonyl (C=O) groups excluding carboxylic acids is 1. The molecule has 0 bridgehead atoms. The largest absolute Gasteiger partial charge is 0.508 e. The topological polar surface area (TPSA) is 46.5 Å². The molecular weight excluding hydrogens is 276 g/mol. The molecule has 3 heteroatoms. The number of carbonyl (C=O) groups is 1. The zero-order valence-electron chi connectivity index (χ0n) is 13.3. The summed E-state index contributed by atoms with van der Waals surface area (Å²) in [5.74, 6) is 0.547. The fourth-order valence-corrected chi connectivity index (χ4v) is 2.11. The number of hydrogen-bond donors (Lipinski definition) is 1. The lowest BCUT2D eigenvalue weighted by molar-refractivity contribution is -0.134. The molecule has 0 heterocycles. The molecule has 2 rings (SSSR count). The van der Waals surface area contributed by atoms with Crippen molar-refractivity contribution in [3.05, 3.63) is 59.7 Å². The lowest BCUT2D eigenvalue weighted by Gasteiger charge is -2.19. The third kappa shape index (κ3) is 4.62. The normalized spacial score (nSPS) is 11.2. The summed E-state index contributed by atoms with van der Waals surface area (Å²) in [6.45, 7) is 6.43. The van der Waals surface area contributed by atoms with E-state index in [2.05, 4.69) is 20.8 Å². The van der Waals surface area contributed by atoms with E-state index in [1.807, 2.05) is 24.3 Å². The van der Waals surface area contributed by atoms with Gasteiger partial charge >= 0.3 is 5.97 Å². The van der Waals surface area contributed by atoms with Gasteiger partial charge in [0, 0.05) is 6.42 Å². The van der Waals surface area contributed by atoms with Crippen molar-refractivity contribution in [3.63, 3.8) is 0 Å². The van der Waals surface area contributed by atoms with E-state index >= 15 is 0 Å². The highest BCUT2D eigenvalue weighted by Crippen LogP contribution is 2.24. The highest BCUT2D eigenvalue weighted by atomic mass is 16.5. The maximum Gasteiger partial charge on any atom is 0.311 e. The first-order valence-electron chi connectivity index (χ1n) is 7.44. The van der Waals surface area contributed by atoms with E-state index in [-0.39, 0.29) is 17.1 Å². The van der Waals surface area contributed by atoms with E-state index in [4.69, 9.17) is 4.74 Å². The summed E-state index contributed by atoms with van der Waals surface area (Å²) in [5, 5.41) is 9.22. The van der Waals surface area contributed by atoms with Crippen LogP contribution in [0.2, 0.25) is 0 Å². The zero-order chi connectivity index (χ0) is 16.2. The Kier molecular flexibility index (Phi) is 4.86. The van der Waals surface area contributed by atoms with Gasteiger partial charge in [0.1, 0.15) is 11.5 Å². The van der Waals surface area contributed by atoms with Crippen LogP contribution >= 0.6 is 0 Å². The van der Waals surface area contributed by atoms with E-state index in [0.717, 1.165) is 5.56 Å². The summed E-state index contributed by atoms with van der Waals surface area (Å²) in [5.41, 5.74) is 2.29. The van der Waals surface area contributed by atoms with Crippen LogP contribution in [0.5, 0.6) is 11.5 Å². The SMILES string of the molecule is CC(C)(C)c1ccc(OC(=O)CCc2ccc(O)cc2)cc1. The van der Waals surface area contributed by atoms with Crippen LogP contribution < -0.4 is 4.74 Å². The minimum absolute atomic E-state index is 0.0847. The predicted octanol–water partition coefficient (Wildman–Crippen LogP) is 4.23. The van der Waals surface area contributed by atoms with Gasteiger partial charge in [-0.1, -0.05) is 45.0 Å². The smallest absolute Gasteiger partial charge is 0.311 e.